The second-order valence-electron chi connectivity index (χ2n) is 4.42. The quantitative estimate of drug-likeness (QED) is 0.703. The standard InChI is InChI=1S/C9H11NO2S.C4H4O4/c1-2-8(13-3-1)9-6-10-4-7(12-9)5-11-9;5-3(6)1-2-4(7)8/h1-3,7,10H,4-6H2;1-2H,(H,5,6)(H,7,8)/b;2-1-. The Kier molecular flexibility index (Phi) is 5.07. The topological polar surface area (TPSA) is 105 Å². The third-order valence-electron chi connectivity index (χ3n) is 2.85. The Hall–Kier alpha value is -1.74. The van der Waals surface area contributed by atoms with E-state index in [1.807, 2.05) is 6.07 Å². The molecule has 3 N–H and O–H groups in total. The summed E-state index contributed by atoms with van der Waals surface area (Å²) in [6.07, 6.45) is 1.35. The number of hydrogen-bond acceptors (Lipinski definition) is 6. The number of carbonyl (C=O) groups is 2. The van der Waals surface area contributed by atoms with E-state index in [1.165, 1.54) is 4.88 Å². The van der Waals surface area contributed by atoms with E-state index in [9.17, 15) is 9.59 Å². The van der Waals surface area contributed by atoms with Gasteiger partial charge in [-0.25, -0.2) is 9.59 Å². The van der Waals surface area contributed by atoms with Gasteiger partial charge < -0.3 is 25.0 Å². The van der Waals surface area contributed by atoms with E-state index < -0.39 is 17.7 Å². The number of thiophene rings is 1. The lowest BCUT2D eigenvalue weighted by Crippen LogP contribution is -2.46. The first kappa shape index (κ1) is 15.6. The minimum atomic E-state index is -1.26. The van der Waals surface area contributed by atoms with Gasteiger partial charge in [0.2, 0.25) is 5.79 Å². The van der Waals surface area contributed by atoms with Crippen molar-refractivity contribution in [3.05, 3.63) is 34.5 Å². The minimum Gasteiger partial charge on any atom is -0.478 e. The molecule has 2 atom stereocenters. The van der Waals surface area contributed by atoms with Crippen LogP contribution < -0.4 is 5.32 Å². The van der Waals surface area contributed by atoms with Gasteiger partial charge in [-0.05, 0) is 11.4 Å². The van der Waals surface area contributed by atoms with Gasteiger partial charge in [-0.15, -0.1) is 11.3 Å². The molecule has 2 fully saturated rings. The van der Waals surface area contributed by atoms with Gasteiger partial charge in [0, 0.05) is 18.7 Å². The molecule has 2 saturated heterocycles. The maximum Gasteiger partial charge on any atom is 0.328 e. The number of hydrogen-bond donors (Lipinski definition) is 3. The molecule has 2 unspecified atom stereocenters. The third kappa shape index (κ3) is 4.11. The van der Waals surface area contributed by atoms with Crippen molar-refractivity contribution < 1.29 is 29.3 Å². The first-order valence-corrected chi connectivity index (χ1v) is 7.10. The van der Waals surface area contributed by atoms with Crippen molar-refractivity contribution in [2.75, 3.05) is 19.7 Å². The van der Waals surface area contributed by atoms with Crippen LogP contribution in [0.4, 0.5) is 0 Å². The van der Waals surface area contributed by atoms with Crippen LogP contribution in [-0.2, 0) is 24.8 Å². The van der Waals surface area contributed by atoms with Crippen molar-refractivity contribution in [2.45, 2.75) is 11.9 Å². The zero-order chi connectivity index (χ0) is 15.3. The molecule has 7 nitrogen and oxygen atoms in total. The molecule has 0 radical (unpaired) electrons. The molecule has 2 aliphatic heterocycles. The van der Waals surface area contributed by atoms with Crippen molar-refractivity contribution in [3.63, 3.8) is 0 Å². The first-order chi connectivity index (χ1) is 10.0. The molecule has 0 amide bonds. The van der Waals surface area contributed by atoms with Gasteiger partial charge >= 0.3 is 11.9 Å². The van der Waals surface area contributed by atoms with E-state index in [4.69, 9.17) is 19.7 Å². The van der Waals surface area contributed by atoms with Crippen LogP contribution in [0, 0.1) is 0 Å². The average molecular weight is 313 g/mol. The van der Waals surface area contributed by atoms with Crippen LogP contribution in [0.25, 0.3) is 0 Å². The molecule has 2 bridgehead atoms. The van der Waals surface area contributed by atoms with Crippen LogP contribution in [0.2, 0.25) is 0 Å². The lowest BCUT2D eigenvalue weighted by atomic mass is 10.2. The van der Waals surface area contributed by atoms with Gasteiger partial charge in [0.15, 0.2) is 0 Å². The predicted octanol–water partition coefficient (Wildman–Crippen LogP) is 0.631. The maximum atomic E-state index is 9.55. The zero-order valence-electron chi connectivity index (χ0n) is 11.0. The Balaban J connectivity index is 0.000000177. The highest BCUT2D eigenvalue weighted by molar-refractivity contribution is 7.10. The second-order valence-corrected chi connectivity index (χ2v) is 5.37. The second kappa shape index (κ2) is 6.81. The summed E-state index contributed by atoms with van der Waals surface area (Å²) in [5.41, 5.74) is 0. The highest BCUT2D eigenvalue weighted by Crippen LogP contribution is 2.38. The highest BCUT2D eigenvalue weighted by Gasteiger charge is 2.46. The number of nitrogens with one attached hydrogen (secondary N) is 1. The number of rotatable bonds is 3. The van der Waals surface area contributed by atoms with Crippen LogP contribution in [0.15, 0.2) is 29.7 Å². The van der Waals surface area contributed by atoms with Crippen molar-refractivity contribution in [2.24, 2.45) is 0 Å². The zero-order valence-corrected chi connectivity index (χ0v) is 11.8. The Morgan fingerprint density at radius 3 is 2.67 bits per heavy atom. The largest absolute Gasteiger partial charge is 0.478 e. The van der Waals surface area contributed by atoms with Crippen LogP contribution >= 0.6 is 11.3 Å². The molecule has 8 heteroatoms. The predicted molar refractivity (Wildman–Crippen MR) is 74.1 cm³/mol. The van der Waals surface area contributed by atoms with Gasteiger partial charge in [0.1, 0.15) is 0 Å². The Bertz CT molecular complexity index is 509. The van der Waals surface area contributed by atoms with Crippen LogP contribution in [0.1, 0.15) is 4.88 Å². The molecule has 1 aromatic heterocycles. The normalized spacial score (nSPS) is 27.1. The van der Waals surface area contributed by atoms with E-state index in [-0.39, 0.29) is 6.10 Å². The summed E-state index contributed by atoms with van der Waals surface area (Å²) >= 11 is 1.69. The number of carboxylic acid groups (broad SMARTS) is 2. The number of aliphatic carboxylic acids is 2. The lowest BCUT2D eigenvalue weighted by molar-refractivity contribution is -0.183. The van der Waals surface area contributed by atoms with Gasteiger partial charge in [0.05, 0.1) is 24.1 Å². The Labute approximate surface area is 124 Å². The fourth-order valence-corrected chi connectivity index (χ4v) is 2.83. The Morgan fingerprint density at radius 2 is 2.10 bits per heavy atom. The lowest BCUT2D eigenvalue weighted by Gasteiger charge is -2.31. The number of morpholine rings is 1. The fraction of sp³-hybridized carbons (Fsp3) is 0.385. The maximum absolute atomic E-state index is 9.55. The molecule has 21 heavy (non-hydrogen) atoms. The van der Waals surface area contributed by atoms with E-state index in [2.05, 4.69) is 16.8 Å². The molecule has 3 heterocycles. The van der Waals surface area contributed by atoms with E-state index in [0.29, 0.717) is 18.8 Å². The number of carboxylic acids is 2. The van der Waals surface area contributed by atoms with Gasteiger partial charge in [-0.1, -0.05) is 6.07 Å². The van der Waals surface area contributed by atoms with Crippen molar-refractivity contribution in [3.8, 4) is 0 Å². The van der Waals surface area contributed by atoms with Gasteiger partial charge in [-0.3, -0.25) is 0 Å². The monoisotopic (exact) mass is 313 g/mol. The molecular formula is C13H15NO6S. The van der Waals surface area contributed by atoms with Crippen molar-refractivity contribution >= 4 is 23.3 Å². The first-order valence-electron chi connectivity index (χ1n) is 6.22. The van der Waals surface area contributed by atoms with E-state index in [0.717, 1.165) is 13.1 Å². The molecule has 1 aromatic rings. The summed E-state index contributed by atoms with van der Waals surface area (Å²) < 4.78 is 11.6. The van der Waals surface area contributed by atoms with Crippen LogP contribution in [0.5, 0.6) is 0 Å². The summed E-state index contributed by atoms with van der Waals surface area (Å²) in [5.74, 6) is -2.99. The highest BCUT2D eigenvalue weighted by atomic mass is 32.1. The van der Waals surface area contributed by atoms with Crippen LogP contribution in [0.3, 0.4) is 0 Å². The number of fused-ring (bicyclic) bond motifs is 2. The number of ether oxygens (including phenoxy) is 2. The fourth-order valence-electron chi connectivity index (χ4n) is 2.01. The minimum absolute atomic E-state index is 0.232. The summed E-state index contributed by atoms with van der Waals surface area (Å²) in [6, 6.07) is 4.10. The molecule has 114 valence electrons. The third-order valence-corrected chi connectivity index (χ3v) is 3.85. The molecule has 2 aliphatic rings. The van der Waals surface area contributed by atoms with Gasteiger partial charge in [-0.2, -0.15) is 0 Å². The summed E-state index contributed by atoms with van der Waals surface area (Å²) in [7, 11) is 0. The summed E-state index contributed by atoms with van der Waals surface area (Å²) in [6.45, 7) is 2.39. The van der Waals surface area contributed by atoms with Gasteiger partial charge in [0.25, 0.3) is 0 Å². The van der Waals surface area contributed by atoms with E-state index >= 15 is 0 Å². The summed E-state index contributed by atoms with van der Waals surface area (Å²) in [4.78, 5) is 20.3. The molecule has 0 aliphatic carbocycles. The van der Waals surface area contributed by atoms with Crippen LogP contribution in [-0.4, -0.2) is 48.0 Å². The smallest absolute Gasteiger partial charge is 0.328 e. The SMILES string of the molecule is O=C(O)/C=C\C(=O)O.c1csc(C23CNCC(CO2)O3)c1. The van der Waals surface area contributed by atoms with Crippen molar-refractivity contribution in [1.29, 1.82) is 0 Å². The molecule has 0 aromatic carbocycles. The molecule has 3 rings (SSSR count). The Morgan fingerprint density at radius 1 is 1.38 bits per heavy atom. The summed E-state index contributed by atoms with van der Waals surface area (Å²) in [5, 5.41) is 21.0. The molecule has 0 spiro atoms. The average Bonchev–Trinajstić information content (AvgIpc) is 3.07. The molecular weight excluding hydrogens is 298 g/mol. The van der Waals surface area contributed by atoms with E-state index in [1.54, 1.807) is 11.3 Å². The molecule has 0 saturated carbocycles. The van der Waals surface area contributed by atoms with Crippen molar-refractivity contribution in [1.82, 2.24) is 5.32 Å².